The van der Waals surface area contributed by atoms with Gasteiger partial charge in [0.2, 0.25) is 5.82 Å². The van der Waals surface area contributed by atoms with E-state index in [9.17, 15) is 5.11 Å². The molecule has 120 valence electrons. The topological polar surface area (TPSA) is 79.7 Å². The molecule has 0 saturated carbocycles. The zero-order chi connectivity index (χ0) is 19.8. The number of rotatable bonds is 6. The summed E-state index contributed by atoms with van der Waals surface area (Å²) < 4.78 is 58.3. The van der Waals surface area contributed by atoms with Crippen molar-refractivity contribution in [2.24, 2.45) is 0 Å². The van der Waals surface area contributed by atoms with Crippen molar-refractivity contribution in [3.05, 3.63) is 0 Å². The van der Waals surface area contributed by atoms with Crippen LogP contribution in [0, 0.1) is 0 Å². The van der Waals surface area contributed by atoms with Gasteiger partial charge in [-0.3, -0.25) is 0 Å². The number of β-amino-alcohol motifs (C(OH)–C–C–N with tert-alkyl or cyclic N) is 1. The second kappa shape index (κ2) is 7.35. The minimum absolute atomic E-state index is 0.195. The average molecular weight is 321 g/mol. The first-order valence-corrected chi connectivity index (χ1v) is 7.36. The second-order valence-electron chi connectivity index (χ2n) is 5.55. The second-order valence-corrected chi connectivity index (χ2v) is 6.07. The van der Waals surface area contributed by atoms with Gasteiger partial charge in [0.15, 0.2) is 0 Å². The number of ether oxygens (including phenoxy) is 2. The molecule has 1 fully saturated rings. The smallest absolute Gasteiger partial charge is 0.270 e. The molecule has 1 atom stereocenters. The molecule has 0 aliphatic carbocycles. The van der Waals surface area contributed by atoms with Crippen molar-refractivity contribution in [3.63, 3.8) is 0 Å². The SMILES string of the molecule is [2H]C([2H])(NC(C)(C)C)[C@]([2H])(O)C([2H])([2H])Oc1nsnc1N1CCOCC1. The molecule has 21 heavy (non-hydrogen) atoms. The molecule has 1 aliphatic rings. The van der Waals surface area contributed by atoms with Gasteiger partial charge < -0.3 is 24.8 Å². The summed E-state index contributed by atoms with van der Waals surface area (Å²) in [5, 5.41) is 12.8. The van der Waals surface area contributed by atoms with E-state index in [1.807, 2.05) is 0 Å². The van der Waals surface area contributed by atoms with Crippen molar-refractivity contribution >= 4 is 17.5 Å². The summed E-state index contributed by atoms with van der Waals surface area (Å²) in [6.45, 7) is 0.983. The molecule has 2 rings (SSSR count). The molecule has 1 aromatic heterocycles. The Kier molecular flexibility index (Phi) is 3.75. The predicted molar refractivity (Wildman–Crippen MR) is 82.2 cm³/mol. The molecule has 1 saturated heterocycles. The van der Waals surface area contributed by atoms with Crippen LogP contribution in [-0.2, 0) is 4.74 Å². The molecule has 2 N–H and O–H groups in total. The molecule has 0 unspecified atom stereocenters. The van der Waals surface area contributed by atoms with E-state index in [0.717, 1.165) is 11.7 Å². The highest BCUT2D eigenvalue weighted by Gasteiger charge is 2.21. The van der Waals surface area contributed by atoms with Crippen LogP contribution in [-0.4, -0.2) is 64.8 Å². The number of morpholine rings is 1. The molecule has 8 heteroatoms. The number of nitrogens with one attached hydrogen (secondary N) is 1. The summed E-state index contributed by atoms with van der Waals surface area (Å²) in [6, 6.07) is 0. The van der Waals surface area contributed by atoms with Crippen LogP contribution in [0.2, 0.25) is 0 Å². The summed E-state index contributed by atoms with van der Waals surface area (Å²) in [5.74, 6) is 0.0847. The van der Waals surface area contributed by atoms with Crippen LogP contribution in [0.4, 0.5) is 5.82 Å². The standard InChI is InChI=1S/C13H24N4O3S/c1-13(2,3)14-8-10(18)9-20-12-11(15-21-16-12)17-4-6-19-7-5-17/h10,14,18H,4-9H2,1-3H3/t10-/m0/s1/i8D2,9D2,10D. The van der Waals surface area contributed by atoms with Crippen molar-refractivity contribution < 1.29 is 21.4 Å². The molecule has 0 amide bonds. The molecular weight excluding hydrogens is 292 g/mol. The van der Waals surface area contributed by atoms with E-state index >= 15 is 0 Å². The van der Waals surface area contributed by atoms with Gasteiger partial charge >= 0.3 is 0 Å². The zero-order valence-corrected chi connectivity index (χ0v) is 13.2. The molecule has 1 aromatic rings. The van der Waals surface area contributed by atoms with Gasteiger partial charge in [-0.15, -0.1) is 4.37 Å². The van der Waals surface area contributed by atoms with Crippen LogP contribution in [0.1, 0.15) is 27.6 Å². The quantitative estimate of drug-likeness (QED) is 0.790. The summed E-state index contributed by atoms with van der Waals surface area (Å²) >= 11 is 0.802. The Morgan fingerprint density at radius 1 is 1.52 bits per heavy atom. The van der Waals surface area contributed by atoms with Crippen LogP contribution in [0.15, 0.2) is 0 Å². The lowest BCUT2D eigenvalue weighted by atomic mass is 10.1. The van der Waals surface area contributed by atoms with Crippen LogP contribution < -0.4 is 15.0 Å². The van der Waals surface area contributed by atoms with Gasteiger partial charge in [-0.25, -0.2) is 0 Å². The number of nitrogens with zero attached hydrogens (tertiary/aromatic N) is 3. The lowest BCUT2D eigenvalue weighted by Crippen LogP contribution is -2.42. The largest absolute Gasteiger partial charge is 0.472 e. The fraction of sp³-hybridized carbons (Fsp3) is 0.846. The monoisotopic (exact) mass is 321 g/mol. The van der Waals surface area contributed by atoms with Crippen molar-refractivity contribution in [1.82, 2.24) is 14.1 Å². The van der Waals surface area contributed by atoms with E-state index in [1.54, 1.807) is 25.7 Å². The van der Waals surface area contributed by atoms with E-state index in [-0.39, 0.29) is 11.7 Å². The zero-order valence-electron chi connectivity index (χ0n) is 17.3. The van der Waals surface area contributed by atoms with Crippen LogP contribution >= 0.6 is 11.7 Å². The Hall–Kier alpha value is -0.960. The maximum atomic E-state index is 10.4. The highest BCUT2D eigenvalue weighted by Crippen LogP contribution is 2.26. The van der Waals surface area contributed by atoms with Gasteiger partial charge in [-0.05, 0) is 20.8 Å². The lowest BCUT2D eigenvalue weighted by Gasteiger charge is -2.27. The normalized spacial score (nSPS) is 24.2. The van der Waals surface area contributed by atoms with Gasteiger partial charge in [-0.2, -0.15) is 4.37 Å². The highest BCUT2D eigenvalue weighted by atomic mass is 32.1. The van der Waals surface area contributed by atoms with Crippen LogP contribution in [0.3, 0.4) is 0 Å². The summed E-state index contributed by atoms with van der Waals surface area (Å²) in [6.07, 6.45) is -3.26. The van der Waals surface area contributed by atoms with E-state index in [2.05, 4.69) is 14.1 Å². The molecule has 0 radical (unpaired) electrons. The highest BCUT2D eigenvalue weighted by molar-refractivity contribution is 6.99. The number of hydrogen-bond donors (Lipinski definition) is 2. The van der Waals surface area contributed by atoms with Crippen molar-refractivity contribution in [2.75, 3.05) is 44.3 Å². The first-order valence-electron chi connectivity index (χ1n) is 9.13. The minimum Gasteiger partial charge on any atom is -0.472 e. The molecule has 7 nitrogen and oxygen atoms in total. The van der Waals surface area contributed by atoms with E-state index < -0.39 is 24.7 Å². The van der Waals surface area contributed by atoms with Crippen LogP contribution in [0.5, 0.6) is 5.88 Å². The molecule has 1 aliphatic heterocycles. The summed E-state index contributed by atoms with van der Waals surface area (Å²) in [4.78, 5) is 1.80. The maximum absolute atomic E-state index is 10.4. The lowest BCUT2D eigenvalue weighted by molar-refractivity contribution is 0.0975. The first-order chi connectivity index (χ1) is 11.8. The Morgan fingerprint density at radius 3 is 2.90 bits per heavy atom. The Balaban J connectivity index is 2.23. The third-order valence-electron chi connectivity index (χ3n) is 2.55. The molecule has 0 aromatic carbocycles. The van der Waals surface area contributed by atoms with Gasteiger partial charge in [0.1, 0.15) is 12.6 Å². The van der Waals surface area contributed by atoms with Gasteiger partial charge in [0.05, 0.1) is 29.1 Å². The number of anilines is 1. The van der Waals surface area contributed by atoms with E-state index in [0.29, 0.717) is 26.3 Å². The number of aromatic nitrogens is 2. The Bertz CT molecular complexity index is 617. The molecule has 0 bridgehead atoms. The fourth-order valence-electron chi connectivity index (χ4n) is 1.58. The van der Waals surface area contributed by atoms with Gasteiger partial charge in [0, 0.05) is 27.9 Å². The number of aliphatic hydroxyl groups is 1. The van der Waals surface area contributed by atoms with Crippen molar-refractivity contribution in [3.8, 4) is 5.88 Å². The molecule has 0 spiro atoms. The third-order valence-corrected chi connectivity index (χ3v) is 3.06. The first kappa shape index (κ1) is 10.7. The molecule has 2 heterocycles. The van der Waals surface area contributed by atoms with E-state index in [1.165, 1.54) is 0 Å². The summed E-state index contributed by atoms with van der Waals surface area (Å²) in [5.41, 5.74) is -0.810. The summed E-state index contributed by atoms with van der Waals surface area (Å²) in [7, 11) is 0. The number of hydrogen-bond acceptors (Lipinski definition) is 8. The predicted octanol–water partition coefficient (Wildman–Crippen LogP) is 0.502. The molecular formula is C13H24N4O3S. The average Bonchev–Trinajstić information content (AvgIpc) is 2.92. The van der Waals surface area contributed by atoms with Gasteiger partial charge in [-0.1, -0.05) is 0 Å². The fourth-order valence-corrected chi connectivity index (χ4v) is 2.08. The van der Waals surface area contributed by atoms with E-state index in [4.69, 9.17) is 16.3 Å². The van der Waals surface area contributed by atoms with Gasteiger partial charge in [0.25, 0.3) is 5.88 Å². The van der Waals surface area contributed by atoms with Crippen molar-refractivity contribution in [1.29, 1.82) is 0 Å². The van der Waals surface area contributed by atoms with Crippen LogP contribution in [0.25, 0.3) is 0 Å². The Morgan fingerprint density at radius 2 is 2.24 bits per heavy atom. The Labute approximate surface area is 136 Å². The maximum Gasteiger partial charge on any atom is 0.270 e. The third kappa shape index (κ3) is 5.39. The minimum atomic E-state index is -3.26. The van der Waals surface area contributed by atoms with Crippen molar-refractivity contribution in [2.45, 2.75) is 32.4 Å².